The largest absolute Gasteiger partial charge is 0.497 e. The minimum absolute atomic E-state index is 0.239. The molecular weight excluding hydrogens is 380 g/mol. The molecule has 2 heterocycles. The van der Waals surface area contributed by atoms with Crippen LogP contribution in [0.5, 0.6) is 5.75 Å². The molecule has 0 saturated carbocycles. The molecule has 0 amide bonds. The first kappa shape index (κ1) is 20.1. The number of nitrogens with one attached hydrogen (secondary N) is 1. The molecule has 0 spiro atoms. The van der Waals surface area contributed by atoms with E-state index in [4.69, 9.17) is 14.7 Å². The van der Waals surface area contributed by atoms with E-state index in [0.29, 0.717) is 0 Å². The molecule has 0 fully saturated rings. The van der Waals surface area contributed by atoms with Crippen molar-refractivity contribution in [3.63, 3.8) is 0 Å². The van der Waals surface area contributed by atoms with Gasteiger partial charge in [0.25, 0.3) is 0 Å². The number of hydrogen-bond acceptors (Lipinski definition) is 6. The van der Waals surface area contributed by atoms with E-state index in [9.17, 15) is 0 Å². The van der Waals surface area contributed by atoms with Gasteiger partial charge in [0.1, 0.15) is 22.2 Å². The second-order valence-corrected chi connectivity index (χ2v) is 9.08. The maximum atomic E-state index is 5.31. The number of nitrogens with zero attached hydrogens (tertiary/aromatic N) is 3. The number of benzene rings is 1. The molecule has 0 unspecified atom stereocenters. The second-order valence-electron chi connectivity index (χ2n) is 8.00. The summed E-state index contributed by atoms with van der Waals surface area (Å²) < 4.78 is 5.31. The number of thiophene rings is 1. The fraction of sp³-hybridized carbons (Fsp3) is 0.478. The summed E-state index contributed by atoms with van der Waals surface area (Å²) in [5.41, 5.74) is 2.74. The highest BCUT2D eigenvalue weighted by atomic mass is 32.1. The van der Waals surface area contributed by atoms with E-state index in [-0.39, 0.29) is 6.04 Å². The van der Waals surface area contributed by atoms with Gasteiger partial charge >= 0.3 is 0 Å². The Morgan fingerprint density at radius 2 is 1.86 bits per heavy atom. The minimum Gasteiger partial charge on any atom is -0.497 e. The van der Waals surface area contributed by atoms with Crippen LogP contribution in [0, 0.1) is 6.92 Å². The topological polar surface area (TPSA) is 50.3 Å². The molecule has 5 nitrogen and oxygen atoms in total. The molecule has 154 valence electrons. The number of fused-ring (bicyclic) bond motifs is 3. The number of anilines is 1. The Labute approximate surface area is 177 Å². The number of hydrogen-bond donors (Lipinski definition) is 1. The van der Waals surface area contributed by atoms with E-state index in [1.165, 1.54) is 47.1 Å². The zero-order valence-corrected chi connectivity index (χ0v) is 18.6. The summed E-state index contributed by atoms with van der Waals surface area (Å²) in [6.45, 7) is 2.78. The molecule has 0 aliphatic heterocycles. The second kappa shape index (κ2) is 8.67. The van der Waals surface area contributed by atoms with Crippen LogP contribution >= 0.6 is 11.3 Å². The van der Waals surface area contributed by atoms with E-state index in [1.54, 1.807) is 7.11 Å². The van der Waals surface area contributed by atoms with Crippen molar-refractivity contribution >= 4 is 27.4 Å². The Morgan fingerprint density at radius 3 is 2.59 bits per heavy atom. The molecule has 3 aromatic rings. The molecule has 4 rings (SSSR count). The van der Waals surface area contributed by atoms with Crippen molar-refractivity contribution in [2.75, 3.05) is 33.1 Å². The average Bonchev–Trinajstić information content (AvgIpc) is 2.89. The molecule has 2 aromatic heterocycles. The molecular formula is C23H30N4OS. The summed E-state index contributed by atoms with van der Waals surface area (Å²) in [5.74, 6) is 2.71. The lowest BCUT2D eigenvalue weighted by Gasteiger charge is -2.26. The first-order valence-corrected chi connectivity index (χ1v) is 11.2. The fourth-order valence-corrected chi connectivity index (χ4v) is 5.49. The van der Waals surface area contributed by atoms with Gasteiger partial charge in [-0.2, -0.15) is 0 Å². The number of likely N-dealkylation sites (N-methyl/N-ethyl adjacent to an activating group) is 1. The summed E-state index contributed by atoms with van der Waals surface area (Å²) in [4.78, 5) is 14.5. The number of aryl methyl sites for hydroxylation is 3. The summed E-state index contributed by atoms with van der Waals surface area (Å²) in [7, 11) is 5.94. The van der Waals surface area contributed by atoms with Crippen molar-refractivity contribution in [3.05, 3.63) is 46.1 Å². The number of rotatable bonds is 6. The summed E-state index contributed by atoms with van der Waals surface area (Å²) >= 11 is 1.87. The van der Waals surface area contributed by atoms with Crippen molar-refractivity contribution in [1.82, 2.24) is 14.9 Å². The Morgan fingerprint density at radius 1 is 1.10 bits per heavy atom. The first-order valence-electron chi connectivity index (χ1n) is 10.4. The highest BCUT2D eigenvalue weighted by Gasteiger charge is 2.21. The number of ether oxygens (including phenoxy) is 1. The van der Waals surface area contributed by atoms with Gasteiger partial charge in [0.05, 0.1) is 18.5 Å². The molecule has 1 aromatic carbocycles. The lowest BCUT2D eigenvalue weighted by Crippen LogP contribution is -2.27. The third kappa shape index (κ3) is 4.23. The molecule has 1 aliphatic carbocycles. The maximum Gasteiger partial charge on any atom is 0.138 e. The van der Waals surface area contributed by atoms with Crippen LogP contribution in [-0.4, -0.2) is 42.6 Å². The van der Waals surface area contributed by atoms with Crippen LogP contribution in [0.25, 0.3) is 10.2 Å². The summed E-state index contributed by atoms with van der Waals surface area (Å²) in [5, 5.41) is 4.93. The third-order valence-electron chi connectivity index (χ3n) is 5.76. The van der Waals surface area contributed by atoms with Gasteiger partial charge in [0, 0.05) is 11.4 Å². The maximum absolute atomic E-state index is 5.31. The molecule has 1 atom stereocenters. The molecule has 0 bridgehead atoms. The standard InChI is InChI=1S/C23H30N4OS/c1-15-25-22(21-18-8-6-5-7-9-20(18)29-23(21)26-15)24-14-19(27(2)3)16-10-12-17(28-4)13-11-16/h10-13,19H,5-9,14H2,1-4H3,(H,24,25,26)/t19-/m0/s1. The van der Waals surface area contributed by atoms with Crippen LogP contribution in [0.15, 0.2) is 24.3 Å². The van der Waals surface area contributed by atoms with E-state index in [2.05, 4.69) is 36.4 Å². The SMILES string of the molecule is COc1ccc([C@H](CNc2nc(C)nc3sc4c(c23)CCCCC4)N(C)C)cc1. The Balaban J connectivity index is 1.64. The highest BCUT2D eigenvalue weighted by Crippen LogP contribution is 2.38. The van der Waals surface area contributed by atoms with Crippen LogP contribution in [0.2, 0.25) is 0 Å². The van der Waals surface area contributed by atoms with Crippen molar-refractivity contribution in [2.24, 2.45) is 0 Å². The van der Waals surface area contributed by atoms with Gasteiger partial charge in [-0.05, 0) is 70.0 Å². The molecule has 0 radical (unpaired) electrons. The van der Waals surface area contributed by atoms with Crippen molar-refractivity contribution in [2.45, 2.75) is 45.1 Å². The Hall–Kier alpha value is -2.18. The minimum atomic E-state index is 0.239. The van der Waals surface area contributed by atoms with Crippen LogP contribution in [0.1, 0.15) is 47.1 Å². The van der Waals surface area contributed by atoms with Gasteiger partial charge in [-0.1, -0.05) is 18.6 Å². The van der Waals surface area contributed by atoms with Gasteiger partial charge in [-0.3, -0.25) is 0 Å². The Bertz CT molecular complexity index is 981. The van der Waals surface area contributed by atoms with E-state index in [0.717, 1.165) is 35.2 Å². The van der Waals surface area contributed by atoms with Gasteiger partial charge in [-0.15, -0.1) is 11.3 Å². The van der Waals surface area contributed by atoms with Crippen molar-refractivity contribution < 1.29 is 4.74 Å². The summed E-state index contributed by atoms with van der Waals surface area (Å²) in [6, 6.07) is 8.57. The number of aromatic nitrogens is 2. The van der Waals surface area contributed by atoms with Crippen LogP contribution in [0.3, 0.4) is 0 Å². The van der Waals surface area contributed by atoms with Gasteiger partial charge in [-0.25, -0.2) is 9.97 Å². The van der Waals surface area contributed by atoms with Gasteiger partial charge in [0.15, 0.2) is 0 Å². The van der Waals surface area contributed by atoms with Gasteiger partial charge in [0.2, 0.25) is 0 Å². The van der Waals surface area contributed by atoms with Crippen LogP contribution < -0.4 is 10.1 Å². The summed E-state index contributed by atoms with van der Waals surface area (Å²) in [6.07, 6.45) is 6.19. The van der Waals surface area contributed by atoms with Crippen molar-refractivity contribution in [1.29, 1.82) is 0 Å². The zero-order valence-electron chi connectivity index (χ0n) is 17.8. The smallest absolute Gasteiger partial charge is 0.138 e. The predicted octanol–water partition coefficient (Wildman–Crippen LogP) is 4.99. The zero-order chi connectivity index (χ0) is 20.4. The van der Waals surface area contributed by atoms with Crippen molar-refractivity contribution in [3.8, 4) is 5.75 Å². The Kier molecular flexibility index (Phi) is 6.01. The monoisotopic (exact) mass is 410 g/mol. The quantitative estimate of drug-likeness (QED) is 0.580. The fourth-order valence-electron chi connectivity index (χ4n) is 4.19. The molecule has 1 N–H and O–H groups in total. The lowest BCUT2D eigenvalue weighted by molar-refractivity contribution is 0.311. The predicted molar refractivity (Wildman–Crippen MR) is 121 cm³/mol. The molecule has 0 saturated heterocycles. The molecule has 29 heavy (non-hydrogen) atoms. The van der Waals surface area contributed by atoms with E-state index in [1.807, 2.05) is 30.4 Å². The first-order chi connectivity index (χ1) is 14.1. The van der Waals surface area contributed by atoms with E-state index < -0.39 is 0 Å². The van der Waals surface area contributed by atoms with Crippen LogP contribution in [0.4, 0.5) is 5.82 Å². The van der Waals surface area contributed by atoms with Gasteiger partial charge < -0.3 is 15.0 Å². The molecule has 6 heteroatoms. The highest BCUT2D eigenvalue weighted by molar-refractivity contribution is 7.19. The normalized spacial score (nSPS) is 15.2. The van der Waals surface area contributed by atoms with Crippen LogP contribution in [-0.2, 0) is 12.8 Å². The van der Waals surface area contributed by atoms with E-state index >= 15 is 0 Å². The molecule has 1 aliphatic rings. The average molecular weight is 411 g/mol. The lowest BCUT2D eigenvalue weighted by atomic mass is 10.1. The number of methoxy groups -OCH3 is 1. The third-order valence-corrected chi connectivity index (χ3v) is 6.95.